The molecular formula is C96H125BCl3F8N16NaO14-. The molecule has 2 aromatic heterocycles. The molecule has 8 aliphatic heterocycles. The van der Waals surface area contributed by atoms with E-state index in [1.807, 2.05) is 38.7 Å². The number of carbonyl (C=O) groups excluding carboxylic acids is 8. The third kappa shape index (κ3) is 39.5. The second-order valence-corrected chi connectivity index (χ2v) is 36.0. The summed E-state index contributed by atoms with van der Waals surface area (Å²) in [4.78, 5) is 133. The summed E-state index contributed by atoms with van der Waals surface area (Å²) in [7, 11) is 4.32. The van der Waals surface area contributed by atoms with Crippen LogP contribution < -0.4 is 77.9 Å². The van der Waals surface area contributed by atoms with Crippen molar-refractivity contribution in [2.24, 2.45) is 17.6 Å². The van der Waals surface area contributed by atoms with Crippen LogP contribution in [0.25, 0.3) is 21.5 Å². The van der Waals surface area contributed by atoms with E-state index in [4.69, 9.17) is 15.8 Å². The quantitative estimate of drug-likeness (QED) is 0.0107. The number of halogens is 11. The molecule has 139 heavy (non-hydrogen) atoms. The maximum atomic E-state index is 13.8. The van der Waals surface area contributed by atoms with Crippen LogP contribution in [0.3, 0.4) is 0 Å². The number of hydrogen-bond donors (Lipinski definition) is 5. The van der Waals surface area contributed by atoms with Gasteiger partial charge in [-0.05, 0) is 134 Å². The molecule has 755 valence electrons. The van der Waals surface area contributed by atoms with Gasteiger partial charge in [0.25, 0.3) is 29.6 Å². The van der Waals surface area contributed by atoms with Gasteiger partial charge in [-0.25, -0.2) is 69.3 Å². The Morgan fingerprint density at radius 1 is 0.568 bits per heavy atom. The van der Waals surface area contributed by atoms with Crippen molar-refractivity contribution in [1.82, 2.24) is 45.1 Å². The number of anilines is 4. The van der Waals surface area contributed by atoms with Crippen molar-refractivity contribution in [3.05, 3.63) is 155 Å². The minimum atomic E-state index is -2.70. The molecule has 6 fully saturated rings. The van der Waals surface area contributed by atoms with Crippen molar-refractivity contribution in [3.8, 4) is 12.1 Å². The molecule has 6 N–H and O–H groups in total. The average molecular weight is 2020 g/mol. The molecule has 0 aliphatic carbocycles. The number of carbonyl (C=O) groups is 9. The van der Waals surface area contributed by atoms with Crippen molar-refractivity contribution >= 4 is 128 Å². The Kier molecular flexibility index (Phi) is 50.6. The first-order valence-electron chi connectivity index (χ1n) is 45.0. The van der Waals surface area contributed by atoms with E-state index in [0.717, 1.165) is 84.1 Å². The van der Waals surface area contributed by atoms with Gasteiger partial charge in [0.15, 0.2) is 5.69 Å². The first-order valence-corrected chi connectivity index (χ1v) is 45.8. The number of nitriles is 2. The van der Waals surface area contributed by atoms with Gasteiger partial charge in [0.05, 0.1) is 87.7 Å². The first-order chi connectivity index (χ1) is 64.5. The summed E-state index contributed by atoms with van der Waals surface area (Å²) in [6, 6.07) is 32.0. The van der Waals surface area contributed by atoms with E-state index < -0.39 is 58.1 Å². The molecule has 4 aromatic carbocycles. The number of aliphatic hydroxyl groups excluding tert-OH is 1. The predicted octanol–water partition coefficient (Wildman–Crippen LogP) is 6.70. The van der Waals surface area contributed by atoms with Gasteiger partial charge in [-0.2, -0.15) is 10.5 Å². The normalized spacial score (nSPS) is 18.3. The number of benzene rings is 4. The molecule has 2 unspecified atom stereocenters. The maximum Gasteiger partial charge on any atom is 1.00 e. The van der Waals surface area contributed by atoms with E-state index in [0.29, 0.717) is 123 Å². The van der Waals surface area contributed by atoms with E-state index >= 15 is 0 Å². The molecule has 8 aliphatic rings. The molecular weight excluding hydrogens is 1890 g/mol. The monoisotopic (exact) mass is 2020 g/mol. The number of piperazine rings is 2. The first kappa shape index (κ1) is 121. The van der Waals surface area contributed by atoms with Gasteiger partial charge in [0.1, 0.15) is 5.69 Å². The number of aromatic carboxylic acids is 1. The third-order valence-electron chi connectivity index (χ3n) is 22.7. The average Bonchev–Trinajstić information content (AvgIpc) is 1.29. The number of pyridine rings is 2. The molecule has 10 heterocycles. The molecule has 0 spiro atoms. The summed E-state index contributed by atoms with van der Waals surface area (Å²) < 4.78 is 105. The number of amides is 3. The van der Waals surface area contributed by atoms with Crippen LogP contribution in [0.1, 0.15) is 155 Å². The summed E-state index contributed by atoms with van der Waals surface area (Å²) in [6.45, 7) is 35.3. The Bertz CT molecular complexity index is 5170. The van der Waals surface area contributed by atoms with E-state index in [1.165, 1.54) is 46.4 Å². The van der Waals surface area contributed by atoms with E-state index in [-0.39, 0.29) is 160 Å². The number of nitrogens with zero attached hydrogens (tertiary/aromatic N) is 13. The summed E-state index contributed by atoms with van der Waals surface area (Å²) in [5, 5.41) is 44.9. The van der Waals surface area contributed by atoms with Crippen LogP contribution in [-0.2, 0) is 73.9 Å². The number of aryl methyl sites for hydroxylation is 2. The second kappa shape index (κ2) is 57.9. The van der Waals surface area contributed by atoms with E-state index in [2.05, 4.69) is 207 Å². The van der Waals surface area contributed by atoms with Crippen LogP contribution in [0.15, 0.2) is 110 Å². The Morgan fingerprint density at radius 2 is 0.950 bits per heavy atom. The minimum Gasteiger partial charge on any atom is -1.00 e. The van der Waals surface area contributed by atoms with E-state index in [9.17, 15) is 93.9 Å². The van der Waals surface area contributed by atoms with Gasteiger partial charge in [0, 0.05) is 208 Å². The molecule has 0 saturated carbocycles. The number of carboxylic acid groups (broad SMARTS) is 1. The second-order valence-electron chi connectivity index (χ2n) is 35.3. The number of aromatic nitrogens is 2. The largest absolute Gasteiger partial charge is 1.00 e. The molecule has 6 saturated heterocycles. The van der Waals surface area contributed by atoms with Gasteiger partial charge in [-0.15, -0.1) is 0 Å². The van der Waals surface area contributed by atoms with Crippen LogP contribution in [0.2, 0.25) is 0 Å². The summed E-state index contributed by atoms with van der Waals surface area (Å²) in [6.07, 6.45) is 4.22. The summed E-state index contributed by atoms with van der Waals surface area (Å²) >= 11 is 8.98. The maximum absolute atomic E-state index is 13.8. The minimum absolute atomic E-state index is 0. The smallest absolute Gasteiger partial charge is 1.00 e. The zero-order chi connectivity index (χ0) is 102. The molecule has 43 heteroatoms. The summed E-state index contributed by atoms with van der Waals surface area (Å²) in [5.41, 5.74) is 15.7. The van der Waals surface area contributed by atoms with Crippen molar-refractivity contribution in [2.75, 3.05) is 151 Å². The van der Waals surface area contributed by atoms with Crippen LogP contribution in [0.5, 0.6) is 0 Å². The molecule has 3 radical (unpaired) electrons. The molecule has 3 amide bonds. The van der Waals surface area contributed by atoms with Gasteiger partial charge in [-0.3, -0.25) is 43.5 Å². The molecule has 30 nitrogen and oxygen atoms in total. The predicted molar refractivity (Wildman–Crippen MR) is 509 cm³/mol. The molecule has 6 aromatic rings. The zero-order valence-corrected chi connectivity index (χ0v) is 85.0. The Labute approximate surface area is 846 Å². The number of alkyl halides is 8. The number of fused-ring (bicyclic) bond motifs is 4. The number of likely N-dealkylation sites (tertiary alicyclic amines) is 3. The topological polar surface area (TPSA) is 374 Å². The molecule has 14 rings (SSSR count). The van der Waals surface area contributed by atoms with E-state index in [1.54, 1.807) is 25.7 Å². The van der Waals surface area contributed by atoms with Crippen LogP contribution >= 0.6 is 23.2 Å². The number of nitrogens with two attached hydrogens (primary N) is 1. The standard InChI is InChI=1S/C36H41F2N7O2.C29H29N5O3.C8H15F2N.C7H14F2N2.C4H7F2N.C4H6O4.C4H10O.C2H3BO2.C2Cl2O2.ClH.Na/c1-4-33(46)45-18-17-44(21-27(45)11-14-39)32-19-29(35(47)40-25(3)20-42-16-13-36(37,38)23-42)41-30-22-43(15-12-28(30)32)31-10-6-9-26-8-5-7-24(2)34(26)31;1-3-27(35)34-15-14-33(17-21(34)10-12-30)26-16-23(29(36)37)31-24-18-32(13-11-22(24)26)25-9-5-8-20-7-4-6-19(2)28(20)25;1-7(2)5-11-4-3-8(9,10)6-11;1-6(10)4-11-3-2-7(8,9)5-11;5-4(6)1-2-7-3-4;1-3(5)7-8-4(2)6;1-4(2)3-5;1-2(4)5-3;3-1(5)2(4)6;;/h4-10,19,25,27H,1,11-13,15-18,20-23H2,2-3H3,(H,40,47);3-9,16,21H,1,10-11,13-15,17-18H2,2H3,(H,36,37);7H,3-6H2,1-2H3;6H,2-5,10H2,1H3;7H,1-3H2;1-2H3;4-5H,3H2,1-2H3;1H3;;1H;/q;;;;;;;-1;;;+1/p-1/t25?,27-;21-;;;;;;;;;/m00........./s1. The molecule has 0 bridgehead atoms. The van der Waals surface area contributed by atoms with Gasteiger partial charge in [0.2, 0.25) is 17.8 Å². The van der Waals surface area contributed by atoms with Gasteiger partial charge < -0.3 is 81.1 Å². The van der Waals surface area contributed by atoms with Crippen molar-refractivity contribution in [3.63, 3.8) is 0 Å². The SMILES string of the molecule is C=CC(=O)N1CCN(c2cc(C(=O)NC(C)CN3CCC(F)(F)C3)nc3c2CCN(c2cccc4cccc(C)c24)C3)C[C@@H]1CC#N.C=CC(=O)N1CCN(c2cc(C(=O)O)nc3c2CCN(c2cccc4cccc(C)c24)C3)C[C@@H]1CC#N.CC(=O)OOC(C)=O.CC(C)CN1CCC(F)(F)C1.CC(C)CO.CC(N)CN1CCC(F)(F)C1.FC1(F)CCNC1.O=C(Cl)C(=O)Cl.[B-]OC(C)=O.[Cl-].[Na+]. The molecule has 4 atom stereocenters. The van der Waals surface area contributed by atoms with Crippen LogP contribution in [-0.4, -0.2) is 284 Å². The number of hydrogen-bond acceptors (Lipinski definition) is 26. The zero-order valence-electron chi connectivity index (χ0n) is 80.7. The van der Waals surface area contributed by atoms with Gasteiger partial charge in [-0.1, -0.05) is 102 Å². The Morgan fingerprint density at radius 3 is 1.26 bits per heavy atom. The third-order valence-corrected chi connectivity index (χ3v) is 23.1. The number of nitrogens with one attached hydrogen (secondary N) is 2. The Hall–Kier alpha value is -9.88. The fourth-order valence-corrected chi connectivity index (χ4v) is 16.6. The van der Waals surface area contributed by atoms with Crippen LogP contribution in [0.4, 0.5) is 57.9 Å². The Balaban J connectivity index is 0.000000381. The van der Waals surface area contributed by atoms with Gasteiger partial charge >= 0.3 is 58.0 Å². The number of aliphatic hydroxyl groups is 1. The fourth-order valence-electron chi connectivity index (χ4n) is 16.6. The summed E-state index contributed by atoms with van der Waals surface area (Å²) in [5.74, 6) is -12.7. The number of rotatable bonds is 19. The fraction of sp³-hybridized carbons (Fsp3) is 0.531. The van der Waals surface area contributed by atoms with Crippen LogP contribution in [0, 0.1) is 48.3 Å². The van der Waals surface area contributed by atoms with Crippen molar-refractivity contribution < 1.29 is 145 Å². The van der Waals surface area contributed by atoms with Crippen molar-refractivity contribution in [2.45, 2.75) is 188 Å². The number of carboxylic acids is 1. The van der Waals surface area contributed by atoms with Crippen molar-refractivity contribution in [1.29, 1.82) is 10.5 Å².